The molecule has 56 valence electrons. The minimum Gasteiger partial charge on any atom is -0.393 e. The van der Waals surface area contributed by atoms with Crippen LogP contribution in [-0.2, 0) is 15.4 Å². The van der Waals surface area contributed by atoms with Gasteiger partial charge in [-0.1, -0.05) is 0 Å². The Morgan fingerprint density at radius 1 is 1.78 bits per heavy atom. The van der Waals surface area contributed by atoms with Gasteiger partial charge in [0.1, 0.15) is 5.60 Å². The molecule has 0 fully saturated rings. The van der Waals surface area contributed by atoms with Crippen LogP contribution in [0.3, 0.4) is 0 Å². The van der Waals surface area contributed by atoms with E-state index in [1.807, 2.05) is 0 Å². The molecule has 0 spiro atoms. The molecule has 0 aromatic rings. The lowest BCUT2D eigenvalue weighted by atomic mass is 10.2. The van der Waals surface area contributed by atoms with Crippen LogP contribution in [0.15, 0.2) is 0 Å². The van der Waals surface area contributed by atoms with Crippen molar-refractivity contribution in [1.29, 1.82) is 0 Å². The molecule has 5 heteroatoms. The fraction of sp³-hybridized carbons (Fsp3) is 1.00. The molecule has 0 amide bonds. The molecule has 0 aliphatic heterocycles. The van der Waals surface area contributed by atoms with Gasteiger partial charge in [-0.05, 0) is 13.8 Å². The quantitative estimate of drug-likeness (QED) is 0.563. The van der Waals surface area contributed by atoms with E-state index in [1.54, 1.807) is 13.8 Å². The molecule has 1 atom stereocenters. The van der Waals surface area contributed by atoms with Gasteiger partial charge in [0.25, 0.3) is 0 Å². The van der Waals surface area contributed by atoms with E-state index in [0.717, 1.165) is 0 Å². The first-order chi connectivity index (χ1) is 3.98. The third-order valence-electron chi connectivity index (χ3n) is 0.689. The molecular weight excluding hydrogens is 142 g/mol. The first-order valence-electron chi connectivity index (χ1n) is 2.44. The Balaban J connectivity index is 3.71. The molecule has 0 saturated heterocycles. The van der Waals surface area contributed by atoms with Crippen LogP contribution in [0.4, 0.5) is 0 Å². The second-order valence-electron chi connectivity index (χ2n) is 2.26. The first-order valence-corrected chi connectivity index (χ1v) is 3.58. The average molecular weight is 153 g/mol. The lowest BCUT2D eigenvalue weighted by Gasteiger charge is -2.18. The van der Waals surface area contributed by atoms with E-state index in [0.29, 0.717) is 0 Å². The van der Waals surface area contributed by atoms with Gasteiger partial charge in [-0.15, -0.1) is 0 Å². The smallest absolute Gasteiger partial charge is 0.232 e. The Morgan fingerprint density at radius 2 is 2.22 bits per heavy atom. The highest BCUT2D eigenvalue weighted by Gasteiger charge is 2.18. The largest absolute Gasteiger partial charge is 0.393 e. The number of aliphatic hydroxyl groups excluding tert-OH is 1. The molecule has 3 N–H and O–H groups in total. The van der Waals surface area contributed by atoms with Gasteiger partial charge in [0.15, 0.2) is 0 Å². The van der Waals surface area contributed by atoms with Crippen LogP contribution in [0.25, 0.3) is 0 Å². The van der Waals surface area contributed by atoms with Crippen molar-refractivity contribution in [3.63, 3.8) is 0 Å². The van der Waals surface area contributed by atoms with Gasteiger partial charge in [-0.2, -0.15) is 0 Å². The van der Waals surface area contributed by atoms with Crippen LogP contribution >= 0.6 is 0 Å². The summed E-state index contributed by atoms with van der Waals surface area (Å²) in [4.78, 5) is 0. The minimum absolute atomic E-state index is 0.198. The maximum atomic E-state index is 10.2. The van der Waals surface area contributed by atoms with E-state index in [1.165, 1.54) is 0 Å². The zero-order chi connectivity index (χ0) is 7.49. The molecule has 0 aliphatic rings. The Labute approximate surface area is 56.8 Å². The Bertz CT molecular complexity index is 114. The number of nitrogens with two attached hydrogens (primary N) is 1. The highest BCUT2D eigenvalue weighted by Crippen LogP contribution is 2.06. The zero-order valence-electron chi connectivity index (χ0n) is 5.46. The van der Waals surface area contributed by atoms with Crippen molar-refractivity contribution < 1.29 is 13.5 Å². The van der Waals surface area contributed by atoms with Gasteiger partial charge >= 0.3 is 0 Å². The lowest BCUT2D eigenvalue weighted by Crippen LogP contribution is -2.31. The van der Waals surface area contributed by atoms with Crippen molar-refractivity contribution in [1.82, 2.24) is 0 Å². The first kappa shape index (κ1) is 9.03. The summed E-state index contributed by atoms with van der Waals surface area (Å²) in [5.74, 6) is 0. The van der Waals surface area contributed by atoms with Crippen molar-refractivity contribution in [2.75, 3.05) is 6.61 Å². The minimum atomic E-state index is -1.79. The standard InChI is InChI=1S/C4H11NO3S/c1-4(2,3-6)8-9(5)7/h6H,3,5H2,1-2H3. The summed E-state index contributed by atoms with van der Waals surface area (Å²) >= 11 is -1.79. The van der Waals surface area contributed by atoms with Crippen molar-refractivity contribution in [2.24, 2.45) is 5.14 Å². The van der Waals surface area contributed by atoms with E-state index in [9.17, 15) is 4.21 Å². The van der Waals surface area contributed by atoms with E-state index >= 15 is 0 Å². The fourth-order valence-electron chi connectivity index (χ4n) is 0.249. The van der Waals surface area contributed by atoms with Gasteiger partial charge in [0, 0.05) is 0 Å². The van der Waals surface area contributed by atoms with Gasteiger partial charge in [-0.25, -0.2) is 9.35 Å². The summed E-state index contributed by atoms with van der Waals surface area (Å²) in [6.07, 6.45) is 0. The topological polar surface area (TPSA) is 72.6 Å². The van der Waals surface area contributed by atoms with Crippen molar-refractivity contribution in [3.05, 3.63) is 0 Å². The second kappa shape index (κ2) is 3.26. The molecule has 0 bridgehead atoms. The van der Waals surface area contributed by atoms with Crippen LogP contribution in [0.1, 0.15) is 13.8 Å². The Morgan fingerprint density at radius 3 is 2.33 bits per heavy atom. The van der Waals surface area contributed by atoms with Gasteiger partial charge in [0.05, 0.1) is 6.61 Å². The van der Waals surface area contributed by atoms with Gasteiger partial charge in [0.2, 0.25) is 11.3 Å². The third-order valence-corrected chi connectivity index (χ3v) is 1.30. The summed E-state index contributed by atoms with van der Waals surface area (Å²) in [5.41, 5.74) is -0.806. The molecule has 0 aromatic heterocycles. The molecule has 9 heavy (non-hydrogen) atoms. The highest BCUT2D eigenvalue weighted by molar-refractivity contribution is 7.77. The number of hydrogen-bond donors (Lipinski definition) is 2. The van der Waals surface area contributed by atoms with Crippen LogP contribution in [0, 0.1) is 0 Å². The van der Waals surface area contributed by atoms with E-state index in [-0.39, 0.29) is 6.61 Å². The summed E-state index contributed by atoms with van der Waals surface area (Å²) in [5, 5.41) is 13.3. The molecule has 0 radical (unpaired) electrons. The summed E-state index contributed by atoms with van der Waals surface area (Å²) in [7, 11) is 0. The monoisotopic (exact) mass is 153 g/mol. The van der Waals surface area contributed by atoms with Crippen LogP contribution in [-0.4, -0.2) is 21.5 Å². The van der Waals surface area contributed by atoms with Crippen LogP contribution < -0.4 is 5.14 Å². The lowest BCUT2D eigenvalue weighted by molar-refractivity contribution is 0.0537. The number of aliphatic hydroxyl groups is 1. The van der Waals surface area contributed by atoms with Crippen LogP contribution in [0.2, 0.25) is 0 Å². The third kappa shape index (κ3) is 4.53. The summed E-state index contributed by atoms with van der Waals surface area (Å²) in [6, 6.07) is 0. The van der Waals surface area contributed by atoms with Gasteiger partial charge < -0.3 is 5.11 Å². The fourth-order valence-corrected chi connectivity index (χ4v) is 0.746. The number of hydrogen-bond acceptors (Lipinski definition) is 3. The molecule has 0 aliphatic carbocycles. The maximum Gasteiger partial charge on any atom is 0.232 e. The average Bonchev–Trinajstić information content (AvgIpc) is 1.63. The Kier molecular flexibility index (Phi) is 3.27. The van der Waals surface area contributed by atoms with Gasteiger partial charge in [-0.3, -0.25) is 4.18 Å². The highest BCUT2D eigenvalue weighted by atomic mass is 32.2. The van der Waals surface area contributed by atoms with Crippen molar-refractivity contribution >= 4 is 11.3 Å². The van der Waals surface area contributed by atoms with E-state index in [4.69, 9.17) is 10.2 Å². The molecular formula is C4H11NO3S. The molecule has 0 aromatic carbocycles. The SMILES string of the molecule is CC(C)(CO)OS(N)=O. The summed E-state index contributed by atoms with van der Waals surface area (Å²) < 4.78 is 14.8. The van der Waals surface area contributed by atoms with E-state index < -0.39 is 16.9 Å². The maximum absolute atomic E-state index is 10.2. The normalized spacial score (nSPS) is 15.6. The molecule has 0 rings (SSSR count). The Hall–Kier alpha value is 0.0300. The second-order valence-corrected chi connectivity index (χ2v) is 2.95. The van der Waals surface area contributed by atoms with Crippen LogP contribution in [0.5, 0.6) is 0 Å². The van der Waals surface area contributed by atoms with E-state index in [2.05, 4.69) is 4.18 Å². The molecule has 1 unspecified atom stereocenters. The molecule has 4 nitrogen and oxygen atoms in total. The molecule has 0 saturated carbocycles. The predicted molar refractivity (Wildman–Crippen MR) is 34.6 cm³/mol. The van der Waals surface area contributed by atoms with Crippen molar-refractivity contribution in [2.45, 2.75) is 19.4 Å². The predicted octanol–water partition coefficient (Wildman–Crippen LogP) is -0.689. The molecule has 0 heterocycles. The number of rotatable bonds is 3. The zero-order valence-corrected chi connectivity index (χ0v) is 6.27. The summed E-state index contributed by atoms with van der Waals surface area (Å²) in [6.45, 7) is 2.99. The van der Waals surface area contributed by atoms with Crippen molar-refractivity contribution in [3.8, 4) is 0 Å².